The summed E-state index contributed by atoms with van der Waals surface area (Å²) in [7, 11) is 2.80. The van der Waals surface area contributed by atoms with Crippen molar-refractivity contribution in [2.45, 2.75) is 0 Å². The zero-order valence-corrected chi connectivity index (χ0v) is 13.1. The van der Waals surface area contributed by atoms with Crippen molar-refractivity contribution in [1.29, 1.82) is 0 Å². The number of rotatable bonds is 5. The largest absolute Gasteiger partial charge is 0.493 e. The third-order valence-corrected chi connectivity index (χ3v) is 3.59. The number of aromatic nitrogens is 2. The van der Waals surface area contributed by atoms with Crippen molar-refractivity contribution >= 4 is 5.69 Å². The molecule has 0 aliphatic heterocycles. The van der Waals surface area contributed by atoms with Crippen LogP contribution in [-0.4, -0.2) is 29.1 Å². The minimum Gasteiger partial charge on any atom is -0.493 e. The molecular weight excluding hydrogens is 310 g/mol. The van der Waals surface area contributed by atoms with Crippen LogP contribution in [0.1, 0.15) is 0 Å². The van der Waals surface area contributed by atoms with E-state index in [9.17, 15) is 10.1 Å². The molecule has 0 atom stereocenters. The summed E-state index contributed by atoms with van der Waals surface area (Å²) < 4.78 is 10.3. The number of nitrogens with one attached hydrogen (secondary N) is 1. The maximum Gasteiger partial charge on any atom is 0.315 e. The minimum absolute atomic E-state index is 0.0843. The van der Waals surface area contributed by atoms with E-state index in [-0.39, 0.29) is 17.2 Å². The Morgan fingerprint density at radius 2 is 1.83 bits per heavy atom. The third-order valence-electron chi connectivity index (χ3n) is 3.59. The van der Waals surface area contributed by atoms with Gasteiger partial charge in [-0.05, 0) is 11.6 Å². The lowest BCUT2D eigenvalue weighted by Crippen LogP contribution is -1.98. The smallest absolute Gasteiger partial charge is 0.315 e. The number of nitro groups is 1. The molecule has 3 aromatic rings. The van der Waals surface area contributed by atoms with Gasteiger partial charge in [0, 0.05) is 11.6 Å². The second-order valence-electron chi connectivity index (χ2n) is 5.00. The average molecular weight is 325 g/mol. The molecule has 2 aromatic carbocycles. The summed E-state index contributed by atoms with van der Waals surface area (Å²) in [5.41, 5.74) is 2.17. The Hall–Kier alpha value is -3.35. The molecule has 0 fully saturated rings. The summed E-state index contributed by atoms with van der Waals surface area (Å²) in [5, 5.41) is 11.3. The summed E-state index contributed by atoms with van der Waals surface area (Å²) >= 11 is 0. The van der Waals surface area contributed by atoms with Gasteiger partial charge >= 0.3 is 5.69 Å². The molecule has 7 heteroatoms. The van der Waals surface area contributed by atoms with E-state index in [2.05, 4.69) is 9.97 Å². The molecule has 1 heterocycles. The first-order chi connectivity index (χ1) is 11.6. The topological polar surface area (TPSA) is 90.3 Å². The molecule has 1 N–H and O–H groups in total. The SMILES string of the molecule is COc1cc(-c2ncc(-c3ccccc3)[nH]2)cc([N+](=O)[O-])c1OC. The maximum absolute atomic E-state index is 11.3. The van der Waals surface area contributed by atoms with E-state index in [1.165, 1.54) is 20.3 Å². The van der Waals surface area contributed by atoms with Crippen LogP contribution in [0, 0.1) is 10.1 Å². The Labute approximate surface area is 138 Å². The lowest BCUT2D eigenvalue weighted by molar-refractivity contribution is -0.385. The number of methoxy groups -OCH3 is 2. The zero-order valence-electron chi connectivity index (χ0n) is 13.1. The Balaban J connectivity index is 2.08. The highest BCUT2D eigenvalue weighted by Gasteiger charge is 2.23. The number of benzene rings is 2. The Kier molecular flexibility index (Phi) is 4.15. The van der Waals surface area contributed by atoms with E-state index in [0.29, 0.717) is 11.4 Å². The van der Waals surface area contributed by atoms with Gasteiger partial charge in [-0.25, -0.2) is 4.98 Å². The molecular formula is C17H15N3O4. The Morgan fingerprint density at radius 1 is 1.08 bits per heavy atom. The summed E-state index contributed by atoms with van der Waals surface area (Å²) in [6.07, 6.45) is 1.69. The molecule has 1 aromatic heterocycles. The molecule has 122 valence electrons. The summed E-state index contributed by atoms with van der Waals surface area (Å²) in [6, 6.07) is 12.8. The monoisotopic (exact) mass is 325 g/mol. The first-order valence-electron chi connectivity index (χ1n) is 7.15. The number of hydrogen-bond acceptors (Lipinski definition) is 5. The van der Waals surface area contributed by atoms with E-state index >= 15 is 0 Å². The van der Waals surface area contributed by atoms with Gasteiger partial charge in [0.15, 0.2) is 5.75 Å². The van der Waals surface area contributed by atoms with E-state index in [1.807, 2.05) is 30.3 Å². The first-order valence-corrected chi connectivity index (χ1v) is 7.15. The third kappa shape index (κ3) is 2.79. The fourth-order valence-electron chi connectivity index (χ4n) is 2.45. The molecule has 0 spiro atoms. The van der Waals surface area contributed by atoms with Crippen molar-refractivity contribution < 1.29 is 14.4 Å². The van der Waals surface area contributed by atoms with Crippen LogP contribution in [0.15, 0.2) is 48.7 Å². The van der Waals surface area contributed by atoms with Crippen LogP contribution in [-0.2, 0) is 0 Å². The first kappa shape index (κ1) is 15.5. The number of H-pyrrole nitrogens is 1. The van der Waals surface area contributed by atoms with Crippen LogP contribution in [0.3, 0.4) is 0 Å². The van der Waals surface area contributed by atoms with E-state index in [1.54, 1.807) is 12.3 Å². The lowest BCUT2D eigenvalue weighted by Gasteiger charge is -2.09. The van der Waals surface area contributed by atoms with Gasteiger partial charge in [-0.3, -0.25) is 10.1 Å². The summed E-state index contributed by atoms with van der Waals surface area (Å²) in [5.74, 6) is 0.873. The van der Waals surface area contributed by atoms with Crippen molar-refractivity contribution in [3.05, 3.63) is 58.8 Å². The molecule has 0 bridgehead atoms. The highest BCUT2D eigenvalue weighted by molar-refractivity contribution is 5.71. The van der Waals surface area contributed by atoms with Crippen LogP contribution in [0.4, 0.5) is 5.69 Å². The van der Waals surface area contributed by atoms with Crippen molar-refractivity contribution in [2.24, 2.45) is 0 Å². The van der Waals surface area contributed by atoms with E-state index in [0.717, 1.165) is 11.3 Å². The highest BCUT2D eigenvalue weighted by atomic mass is 16.6. The molecule has 7 nitrogen and oxygen atoms in total. The van der Waals surface area contributed by atoms with Gasteiger partial charge in [-0.2, -0.15) is 0 Å². The molecule has 3 rings (SSSR count). The highest BCUT2D eigenvalue weighted by Crippen LogP contribution is 2.40. The van der Waals surface area contributed by atoms with Crippen molar-refractivity contribution in [3.8, 4) is 34.1 Å². The van der Waals surface area contributed by atoms with E-state index in [4.69, 9.17) is 9.47 Å². The Bertz CT molecular complexity index is 875. The van der Waals surface area contributed by atoms with Gasteiger partial charge < -0.3 is 14.5 Å². The second kappa shape index (κ2) is 6.41. The number of nitrogens with zero attached hydrogens (tertiary/aromatic N) is 2. The van der Waals surface area contributed by atoms with Crippen LogP contribution >= 0.6 is 0 Å². The molecule has 0 amide bonds. The molecule has 0 saturated carbocycles. The predicted octanol–water partition coefficient (Wildman–Crippen LogP) is 3.67. The predicted molar refractivity (Wildman–Crippen MR) is 89.2 cm³/mol. The number of aromatic amines is 1. The summed E-state index contributed by atoms with van der Waals surface area (Å²) in [4.78, 5) is 18.3. The van der Waals surface area contributed by atoms with Gasteiger partial charge in [-0.15, -0.1) is 0 Å². The molecule has 24 heavy (non-hydrogen) atoms. The fourth-order valence-corrected chi connectivity index (χ4v) is 2.45. The van der Waals surface area contributed by atoms with Crippen molar-refractivity contribution in [2.75, 3.05) is 14.2 Å². The second-order valence-corrected chi connectivity index (χ2v) is 5.00. The quantitative estimate of drug-likeness (QED) is 0.571. The summed E-state index contributed by atoms with van der Waals surface area (Å²) in [6.45, 7) is 0. The standard InChI is InChI=1S/C17H15N3O4/c1-23-15-9-12(8-14(20(21)22)16(15)24-2)17-18-10-13(19-17)11-6-4-3-5-7-11/h3-10H,1-2H3,(H,18,19). The minimum atomic E-state index is -0.508. The van der Waals surface area contributed by atoms with Crippen LogP contribution < -0.4 is 9.47 Å². The number of imidazole rings is 1. The normalized spacial score (nSPS) is 10.4. The Morgan fingerprint density at radius 3 is 2.46 bits per heavy atom. The molecule has 0 saturated heterocycles. The molecule has 0 aliphatic carbocycles. The van der Waals surface area contributed by atoms with Crippen LogP contribution in [0.25, 0.3) is 22.6 Å². The van der Waals surface area contributed by atoms with Gasteiger partial charge in [-0.1, -0.05) is 30.3 Å². The zero-order chi connectivity index (χ0) is 17.1. The number of nitro benzene ring substituents is 1. The lowest BCUT2D eigenvalue weighted by atomic mass is 10.1. The van der Waals surface area contributed by atoms with Crippen molar-refractivity contribution in [1.82, 2.24) is 9.97 Å². The van der Waals surface area contributed by atoms with Gasteiger partial charge in [0.2, 0.25) is 5.75 Å². The van der Waals surface area contributed by atoms with Gasteiger partial charge in [0.25, 0.3) is 0 Å². The number of ether oxygens (including phenoxy) is 2. The fraction of sp³-hybridized carbons (Fsp3) is 0.118. The van der Waals surface area contributed by atoms with E-state index < -0.39 is 4.92 Å². The van der Waals surface area contributed by atoms with Crippen LogP contribution in [0.5, 0.6) is 11.5 Å². The maximum atomic E-state index is 11.3. The van der Waals surface area contributed by atoms with Gasteiger partial charge in [0.05, 0.1) is 31.0 Å². The number of hydrogen-bond donors (Lipinski definition) is 1. The molecule has 0 unspecified atom stereocenters. The average Bonchev–Trinajstić information content (AvgIpc) is 3.11. The van der Waals surface area contributed by atoms with Gasteiger partial charge in [0.1, 0.15) is 5.82 Å². The van der Waals surface area contributed by atoms with Crippen molar-refractivity contribution in [3.63, 3.8) is 0 Å². The molecule has 0 radical (unpaired) electrons. The molecule has 0 aliphatic rings. The van der Waals surface area contributed by atoms with Crippen LogP contribution in [0.2, 0.25) is 0 Å².